The van der Waals surface area contributed by atoms with Crippen LogP contribution in [0, 0.1) is 6.92 Å². The zero-order chi connectivity index (χ0) is 21.1. The second-order valence-electron chi connectivity index (χ2n) is 6.90. The molecule has 2 amide bonds. The van der Waals surface area contributed by atoms with E-state index in [0.29, 0.717) is 30.3 Å². The Kier molecular flexibility index (Phi) is 9.15. The Hall–Kier alpha value is -2.89. The van der Waals surface area contributed by atoms with Gasteiger partial charge in [0, 0.05) is 23.9 Å². The number of anilines is 1. The van der Waals surface area contributed by atoms with Crippen LogP contribution in [-0.4, -0.2) is 26.9 Å². The fourth-order valence-corrected chi connectivity index (χ4v) is 2.93. The van der Waals surface area contributed by atoms with Gasteiger partial charge in [-0.1, -0.05) is 38.3 Å². The second kappa shape index (κ2) is 11.8. The summed E-state index contributed by atoms with van der Waals surface area (Å²) in [4.78, 5) is 12.3. The highest BCUT2D eigenvalue weighted by atomic mass is 16.5. The average Bonchev–Trinajstić information content (AvgIpc) is 2.72. The van der Waals surface area contributed by atoms with Crippen molar-refractivity contribution in [2.24, 2.45) is 0 Å². The Bertz CT molecular complexity index is 792. The Balaban J connectivity index is 1.93. The van der Waals surface area contributed by atoms with Gasteiger partial charge in [0.1, 0.15) is 5.75 Å². The van der Waals surface area contributed by atoms with Crippen molar-refractivity contribution in [3.63, 3.8) is 0 Å². The van der Waals surface area contributed by atoms with Crippen molar-refractivity contribution in [3.05, 3.63) is 47.5 Å². The second-order valence-corrected chi connectivity index (χ2v) is 6.90. The molecule has 0 heterocycles. The van der Waals surface area contributed by atoms with E-state index in [2.05, 4.69) is 17.6 Å². The lowest BCUT2D eigenvalue weighted by molar-refractivity contribution is 0.251. The number of urea groups is 1. The van der Waals surface area contributed by atoms with Crippen LogP contribution < -0.4 is 24.8 Å². The number of nitrogens with one attached hydrogen (secondary N) is 2. The number of amides is 2. The van der Waals surface area contributed by atoms with Crippen LogP contribution >= 0.6 is 0 Å². The first-order valence-corrected chi connectivity index (χ1v) is 10.1. The summed E-state index contributed by atoms with van der Waals surface area (Å²) in [6.07, 6.45) is 4.52. The van der Waals surface area contributed by atoms with Crippen LogP contribution in [0.5, 0.6) is 17.2 Å². The Morgan fingerprint density at radius 1 is 0.931 bits per heavy atom. The molecule has 2 aromatic rings. The summed E-state index contributed by atoms with van der Waals surface area (Å²) in [5, 5.41) is 5.69. The molecule has 6 nitrogen and oxygen atoms in total. The van der Waals surface area contributed by atoms with Crippen LogP contribution in [0.2, 0.25) is 0 Å². The van der Waals surface area contributed by atoms with Crippen LogP contribution in [0.1, 0.15) is 43.7 Å². The number of carbonyl (C=O) groups excluding carboxylic acids is 1. The van der Waals surface area contributed by atoms with E-state index in [1.54, 1.807) is 32.4 Å². The van der Waals surface area contributed by atoms with E-state index >= 15 is 0 Å². The smallest absolute Gasteiger partial charge is 0.319 e. The van der Waals surface area contributed by atoms with Crippen LogP contribution in [0.3, 0.4) is 0 Å². The van der Waals surface area contributed by atoms with Crippen molar-refractivity contribution in [2.45, 2.75) is 46.1 Å². The lowest BCUT2D eigenvalue weighted by atomic mass is 10.1. The first-order chi connectivity index (χ1) is 14.1. The first-order valence-electron chi connectivity index (χ1n) is 10.1. The summed E-state index contributed by atoms with van der Waals surface area (Å²) in [6, 6.07) is 11.0. The summed E-state index contributed by atoms with van der Waals surface area (Å²) in [5.41, 5.74) is 2.66. The molecule has 0 unspecified atom stereocenters. The summed E-state index contributed by atoms with van der Waals surface area (Å²) in [5.74, 6) is 2.03. The molecule has 2 aromatic carbocycles. The van der Waals surface area contributed by atoms with Gasteiger partial charge >= 0.3 is 6.03 Å². The summed E-state index contributed by atoms with van der Waals surface area (Å²) in [7, 11) is 3.23. The predicted molar refractivity (Wildman–Crippen MR) is 116 cm³/mol. The first kappa shape index (κ1) is 22.4. The van der Waals surface area contributed by atoms with Crippen LogP contribution in [0.15, 0.2) is 36.4 Å². The van der Waals surface area contributed by atoms with E-state index in [9.17, 15) is 4.79 Å². The Labute approximate surface area is 173 Å². The van der Waals surface area contributed by atoms with Gasteiger partial charge in [-0.3, -0.25) is 0 Å². The van der Waals surface area contributed by atoms with Crippen molar-refractivity contribution in [2.75, 3.05) is 26.1 Å². The van der Waals surface area contributed by atoms with Crippen LogP contribution in [-0.2, 0) is 6.54 Å². The van der Waals surface area contributed by atoms with E-state index in [1.165, 1.54) is 12.8 Å². The molecule has 29 heavy (non-hydrogen) atoms. The molecule has 0 spiro atoms. The highest BCUT2D eigenvalue weighted by Crippen LogP contribution is 2.30. The van der Waals surface area contributed by atoms with E-state index in [0.717, 1.165) is 29.7 Å². The molecule has 0 fully saturated rings. The highest BCUT2D eigenvalue weighted by Gasteiger charge is 2.10. The van der Waals surface area contributed by atoms with Gasteiger partial charge in [0.2, 0.25) is 0 Å². The Morgan fingerprint density at radius 3 is 2.45 bits per heavy atom. The molecule has 0 aliphatic carbocycles. The number of hydrogen-bond donors (Lipinski definition) is 2. The summed E-state index contributed by atoms with van der Waals surface area (Å²) in [6.45, 7) is 5.17. The molecule has 0 radical (unpaired) electrons. The number of rotatable bonds is 11. The van der Waals surface area contributed by atoms with E-state index in [4.69, 9.17) is 14.2 Å². The van der Waals surface area contributed by atoms with Gasteiger partial charge in [0.15, 0.2) is 11.5 Å². The fourth-order valence-electron chi connectivity index (χ4n) is 2.93. The molecule has 0 atom stereocenters. The molecule has 158 valence electrons. The number of benzene rings is 2. The summed E-state index contributed by atoms with van der Waals surface area (Å²) < 4.78 is 16.6. The van der Waals surface area contributed by atoms with Crippen molar-refractivity contribution in [3.8, 4) is 17.2 Å². The van der Waals surface area contributed by atoms with E-state index < -0.39 is 0 Å². The lowest BCUT2D eigenvalue weighted by Gasteiger charge is -2.14. The Morgan fingerprint density at radius 2 is 1.72 bits per heavy atom. The van der Waals surface area contributed by atoms with Gasteiger partial charge < -0.3 is 24.8 Å². The average molecular weight is 401 g/mol. The molecule has 2 rings (SSSR count). The number of aryl methyl sites for hydroxylation is 1. The van der Waals surface area contributed by atoms with E-state index in [1.807, 2.05) is 25.1 Å². The van der Waals surface area contributed by atoms with E-state index in [-0.39, 0.29) is 6.03 Å². The third-order valence-corrected chi connectivity index (χ3v) is 4.56. The quantitative estimate of drug-likeness (QED) is 0.503. The maximum absolute atomic E-state index is 12.3. The third kappa shape index (κ3) is 7.22. The van der Waals surface area contributed by atoms with Crippen LogP contribution in [0.4, 0.5) is 10.5 Å². The van der Waals surface area contributed by atoms with Gasteiger partial charge in [0.05, 0.1) is 20.8 Å². The molecule has 0 aromatic heterocycles. The standard InChI is InChI=1S/C23H32N2O4/c1-5-6-7-8-13-29-22-15-19(11-12-20(22)27-3)25-23(26)24-16-18-10-9-17(2)14-21(18)28-4/h9-12,14-15H,5-8,13,16H2,1-4H3,(H2,24,25,26). The fraction of sp³-hybridized carbons (Fsp3) is 0.435. The summed E-state index contributed by atoms with van der Waals surface area (Å²) >= 11 is 0. The number of unbranched alkanes of at least 4 members (excludes halogenated alkanes) is 3. The molecule has 0 aliphatic rings. The molecule has 2 N–H and O–H groups in total. The van der Waals surface area contributed by atoms with Crippen molar-refractivity contribution in [1.82, 2.24) is 5.32 Å². The van der Waals surface area contributed by atoms with Crippen molar-refractivity contribution < 1.29 is 19.0 Å². The zero-order valence-corrected chi connectivity index (χ0v) is 17.8. The molecular weight excluding hydrogens is 368 g/mol. The topological polar surface area (TPSA) is 68.8 Å². The lowest BCUT2D eigenvalue weighted by Crippen LogP contribution is -2.28. The number of hydrogen-bond acceptors (Lipinski definition) is 4. The minimum absolute atomic E-state index is 0.299. The van der Waals surface area contributed by atoms with Crippen molar-refractivity contribution >= 4 is 11.7 Å². The molecular formula is C23H32N2O4. The minimum Gasteiger partial charge on any atom is -0.496 e. The maximum Gasteiger partial charge on any atom is 0.319 e. The van der Waals surface area contributed by atoms with Gasteiger partial charge in [-0.2, -0.15) is 0 Å². The van der Waals surface area contributed by atoms with Crippen molar-refractivity contribution in [1.29, 1.82) is 0 Å². The molecule has 0 saturated carbocycles. The third-order valence-electron chi connectivity index (χ3n) is 4.56. The maximum atomic E-state index is 12.3. The monoisotopic (exact) mass is 400 g/mol. The zero-order valence-electron chi connectivity index (χ0n) is 17.8. The number of carbonyl (C=O) groups is 1. The molecule has 0 bridgehead atoms. The van der Waals surface area contributed by atoms with Crippen LogP contribution in [0.25, 0.3) is 0 Å². The normalized spacial score (nSPS) is 10.3. The SMILES string of the molecule is CCCCCCOc1cc(NC(=O)NCc2ccc(C)cc2OC)ccc1OC. The van der Waals surface area contributed by atoms with Gasteiger partial charge in [0.25, 0.3) is 0 Å². The molecule has 6 heteroatoms. The van der Waals surface area contributed by atoms with Gasteiger partial charge in [-0.15, -0.1) is 0 Å². The largest absolute Gasteiger partial charge is 0.496 e. The number of methoxy groups -OCH3 is 2. The minimum atomic E-state index is -0.299. The van der Waals surface area contributed by atoms with Gasteiger partial charge in [-0.05, 0) is 37.1 Å². The number of ether oxygens (including phenoxy) is 3. The highest BCUT2D eigenvalue weighted by molar-refractivity contribution is 5.89. The predicted octanol–water partition coefficient (Wildman–Crippen LogP) is 5.29. The van der Waals surface area contributed by atoms with Gasteiger partial charge in [-0.25, -0.2) is 4.79 Å². The molecule has 0 saturated heterocycles. The molecule has 0 aliphatic heterocycles.